The lowest BCUT2D eigenvalue weighted by Crippen LogP contribution is -2.46. The van der Waals surface area contributed by atoms with Gasteiger partial charge in [-0.05, 0) is 20.3 Å². The van der Waals surface area contributed by atoms with Gasteiger partial charge in [0.1, 0.15) is 6.04 Å². The number of carboxylic acid groups (broad SMARTS) is 1. The molecular weight excluding hydrogens is 212 g/mol. The van der Waals surface area contributed by atoms with Crippen molar-refractivity contribution < 1.29 is 19.4 Å². The maximum absolute atomic E-state index is 11.4. The molecular formula is C10H20N2O4. The van der Waals surface area contributed by atoms with E-state index in [-0.39, 0.29) is 6.03 Å². The van der Waals surface area contributed by atoms with Gasteiger partial charge in [0.2, 0.25) is 0 Å². The van der Waals surface area contributed by atoms with Crippen LogP contribution in [0.15, 0.2) is 0 Å². The summed E-state index contributed by atoms with van der Waals surface area (Å²) >= 11 is 0. The summed E-state index contributed by atoms with van der Waals surface area (Å²) in [5.41, 5.74) is 0. The molecule has 2 amide bonds. The van der Waals surface area contributed by atoms with E-state index in [2.05, 4.69) is 5.32 Å². The third-order valence-corrected chi connectivity index (χ3v) is 2.20. The van der Waals surface area contributed by atoms with E-state index in [1.165, 1.54) is 14.0 Å². The highest BCUT2D eigenvalue weighted by molar-refractivity contribution is 5.82. The Labute approximate surface area is 95.6 Å². The molecule has 0 aromatic rings. The molecule has 0 saturated heterocycles. The number of carbonyl (C=O) groups excluding carboxylic acids is 1. The summed E-state index contributed by atoms with van der Waals surface area (Å²) in [5.74, 6) is -1.02. The standard InChI is InChI=1S/C10H20N2O4/c1-4-16-7-5-6-11-10(15)12(3)8(2)9(13)14/h8H,4-7H2,1-3H3,(H,11,15)(H,13,14). The van der Waals surface area contributed by atoms with Gasteiger partial charge >= 0.3 is 12.0 Å². The molecule has 0 aromatic carbocycles. The van der Waals surface area contributed by atoms with Gasteiger partial charge in [-0.3, -0.25) is 0 Å². The number of carbonyl (C=O) groups is 2. The van der Waals surface area contributed by atoms with Crippen LogP contribution in [0.1, 0.15) is 20.3 Å². The summed E-state index contributed by atoms with van der Waals surface area (Å²) in [5, 5.41) is 11.3. The van der Waals surface area contributed by atoms with E-state index in [1.807, 2.05) is 6.92 Å². The SMILES string of the molecule is CCOCCCNC(=O)N(C)C(C)C(=O)O. The van der Waals surface area contributed by atoms with Crippen molar-refractivity contribution in [2.75, 3.05) is 26.8 Å². The van der Waals surface area contributed by atoms with Gasteiger partial charge in [-0.2, -0.15) is 0 Å². The molecule has 0 rings (SSSR count). The van der Waals surface area contributed by atoms with Gasteiger partial charge in [-0.1, -0.05) is 0 Å². The Morgan fingerprint density at radius 2 is 2.12 bits per heavy atom. The summed E-state index contributed by atoms with van der Waals surface area (Å²) in [4.78, 5) is 23.2. The lowest BCUT2D eigenvalue weighted by molar-refractivity contribution is -0.141. The Morgan fingerprint density at radius 3 is 2.62 bits per heavy atom. The Morgan fingerprint density at radius 1 is 1.50 bits per heavy atom. The quantitative estimate of drug-likeness (QED) is 0.627. The van der Waals surface area contributed by atoms with Crippen molar-refractivity contribution in [1.29, 1.82) is 0 Å². The zero-order valence-electron chi connectivity index (χ0n) is 10.0. The Bertz CT molecular complexity index is 233. The molecule has 6 nitrogen and oxygen atoms in total. The summed E-state index contributed by atoms with van der Waals surface area (Å²) in [6, 6.07) is -1.21. The van der Waals surface area contributed by atoms with Crippen LogP contribution in [0.4, 0.5) is 4.79 Å². The Hall–Kier alpha value is -1.30. The fraction of sp³-hybridized carbons (Fsp3) is 0.800. The lowest BCUT2D eigenvalue weighted by atomic mass is 10.3. The number of amides is 2. The van der Waals surface area contributed by atoms with Crippen molar-refractivity contribution in [3.05, 3.63) is 0 Å². The first kappa shape index (κ1) is 14.7. The number of nitrogens with zero attached hydrogens (tertiary/aromatic N) is 1. The highest BCUT2D eigenvalue weighted by Crippen LogP contribution is 1.95. The molecule has 0 saturated carbocycles. The second-order valence-corrected chi connectivity index (χ2v) is 3.41. The first-order chi connectivity index (χ1) is 7.50. The summed E-state index contributed by atoms with van der Waals surface area (Å²) < 4.78 is 5.10. The topological polar surface area (TPSA) is 78.9 Å². The van der Waals surface area contributed by atoms with Gasteiger partial charge in [0, 0.05) is 26.8 Å². The van der Waals surface area contributed by atoms with Gasteiger partial charge in [0.15, 0.2) is 0 Å². The molecule has 0 aliphatic heterocycles. The number of hydrogen-bond donors (Lipinski definition) is 2. The number of carboxylic acids is 1. The number of aliphatic carboxylic acids is 1. The van der Waals surface area contributed by atoms with Crippen molar-refractivity contribution in [3.8, 4) is 0 Å². The molecule has 16 heavy (non-hydrogen) atoms. The van der Waals surface area contributed by atoms with E-state index in [1.54, 1.807) is 0 Å². The van der Waals surface area contributed by atoms with Crippen LogP contribution in [0.25, 0.3) is 0 Å². The maximum atomic E-state index is 11.4. The second kappa shape index (κ2) is 7.92. The van der Waals surface area contributed by atoms with Crippen LogP contribution in [-0.4, -0.2) is 54.9 Å². The number of ether oxygens (including phenoxy) is 1. The normalized spacial score (nSPS) is 11.9. The van der Waals surface area contributed by atoms with Crippen LogP contribution in [0.2, 0.25) is 0 Å². The van der Waals surface area contributed by atoms with Crippen LogP contribution < -0.4 is 5.32 Å². The van der Waals surface area contributed by atoms with Crippen LogP contribution in [-0.2, 0) is 9.53 Å². The van der Waals surface area contributed by atoms with E-state index in [0.29, 0.717) is 19.8 Å². The van der Waals surface area contributed by atoms with Gasteiger partial charge in [-0.15, -0.1) is 0 Å². The van der Waals surface area contributed by atoms with Crippen molar-refractivity contribution in [1.82, 2.24) is 10.2 Å². The molecule has 2 N–H and O–H groups in total. The monoisotopic (exact) mass is 232 g/mol. The number of nitrogens with one attached hydrogen (secondary N) is 1. The average molecular weight is 232 g/mol. The highest BCUT2D eigenvalue weighted by atomic mass is 16.5. The second-order valence-electron chi connectivity index (χ2n) is 3.41. The molecule has 1 atom stereocenters. The first-order valence-electron chi connectivity index (χ1n) is 5.31. The van der Waals surface area contributed by atoms with Gasteiger partial charge in [0.05, 0.1) is 0 Å². The molecule has 0 bridgehead atoms. The fourth-order valence-corrected chi connectivity index (χ4v) is 0.980. The van der Waals surface area contributed by atoms with Crippen LogP contribution in [0, 0.1) is 0 Å². The molecule has 1 unspecified atom stereocenters. The zero-order chi connectivity index (χ0) is 12.6. The molecule has 0 aliphatic carbocycles. The van der Waals surface area contributed by atoms with Crippen molar-refractivity contribution in [2.45, 2.75) is 26.3 Å². The predicted molar refractivity (Wildman–Crippen MR) is 59.4 cm³/mol. The van der Waals surface area contributed by atoms with E-state index < -0.39 is 12.0 Å². The summed E-state index contributed by atoms with van der Waals surface area (Å²) in [6.07, 6.45) is 0.717. The molecule has 0 heterocycles. The van der Waals surface area contributed by atoms with E-state index >= 15 is 0 Å². The number of urea groups is 1. The number of likely N-dealkylation sites (N-methyl/N-ethyl adjacent to an activating group) is 1. The average Bonchev–Trinajstić information content (AvgIpc) is 2.26. The minimum atomic E-state index is -1.02. The van der Waals surface area contributed by atoms with E-state index in [0.717, 1.165) is 11.3 Å². The minimum Gasteiger partial charge on any atom is -0.480 e. The van der Waals surface area contributed by atoms with Crippen LogP contribution in [0.5, 0.6) is 0 Å². The molecule has 0 spiro atoms. The van der Waals surface area contributed by atoms with Crippen molar-refractivity contribution in [2.24, 2.45) is 0 Å². The number of hydrogen-bond acceptors (Lipinski definition) is 3. The van der Waals surface area contributed by atoms with Crippen molar-refractivity contribution >= 4 is 12.0 Å². The van der Waals surface area contributed by atoms with Gasteiger partial charge < -0.3 is 20.1 Å². The van der Waals surface area contributed by atoms with Crippen LogP contribution in [0.3, 0.4) is 0 Å². The fourth-order valence-electron chi connectivity index (χ4n) is 0.980. The molecule has 6 heteroatoms. The first-order valence-corrected chi connectivity index (χ1v) is 5.31. The number of rotatable bonds is 7. The van der Waals surface area contributed by atoms with Crippen molar-refractivity contribution in [3.63, 3.8) is 0 Å². The lowest BCUT2D eigenvalue weighted by Gasteiger charge is -2.21. The Kier molecular flexibility index (Phi) is 7.28. The molecule has 0 radical (unpaired) electrons. The Balaban J connectivity index is 3.75. The van der Waals surface area contributed by atoms with E-state index in [9.17, 15) is 9.59 Å². The predicted octanol–water partition coefficient (Wildman–Crippen LogP) is 0.527. The smallest absolute Gasteiger partial charge is 0.326 e. The third kappa shape index (κ3) is 5.55. The highest BCUT2D eigenvalue weighted by Gasteiger charge is 2.20. The largest absolute Gasteiger partial charge is 0.480 e. The van der Waals surface area contributed by atoms with Gasteiger partial charge in [-0.25, -0.2) is 9.59 Å². The molecule has 0 aromatic heterocycles. The molecule has 0 fully saturated rings. The summed E-state index contributed by atoms with van der Waals surface area (Å²) in [7, 11) is 1.46. The molecule has 94 valence electrons. The summed E-state index contributed by atoms with van der Waals surface area (Å²) in [6.45, 7) is 5.09. The minimum absolute atomic E-state index is 0.383. The van der Waals surface area contributed by atoms with Crippen LogP contribution >= 0.6 is 0 Å². The van der Waals surface area contributed by atoms with E-state index in [4.69, 9.17) is 9.84 Å². The van der Waals surface area contributed by atoms with Gasteiger partial charge in [0.25, 0.3) is 0 Å². The maximum Gasteiger partial charge on any atom is 0.326 e. The molecule has 0 aliphatic rings. The third-order valence-electron chi connectivity index (χ3n) is 2.20. The zero-order valence-corrected chi connectivity index (χ0v) is 10.0.